The smallest absolute Gasteiger partial charge is 0.744 e. The molecule has 0 aliphatic carbocycles. The van der Waals surface area contributed by atoms with Gasteiger partial charge in [-0.25, -0.2) is 8.42 Å². The third-order valence-corrected chi connectivity index (χ3v) is 7.81. The van der Waals surface area contributed by atoms with Gasteiger partial charge in [-0.2, -0.15) is 0 Å². The quantitative estimate of drug-likeness (QED) is 0.130. The monoisotopic (exact) mass is 510 g/mol. The van der Waals surface area contributed by atoms with E-state index in [9.17, 15) is 13.0 Å². The van der Waals surface area contributed by atoms with Gasteiger partial charge in [0.15, 0.2) is 0 Å². The van der Waals surface area contributed by atoms with E-state index < -0.39 is 10.1 Å². The number of hydrogen-bond acceptors (Lipinski definition) is 3. The van der Waals surface area contributed by atoms with Gasteiger partial charge >= 0.3 is 29.6 Å². The molecule has 2 aromatic rings. The maximum atomic E-state index is 11.6. The Hall–Kier alpha value is -0.390. The molecule has 3 nitrogen and oxygen atoms in total. The summed E-state index contributed by atoms with van der Waals surface area (Å²) in [7, 11) is -4.44. The fourth-order valence-electron chi connectivity index (χ4n) is 4.91. The molecule has 0 N–H and O–H groups in total. The maximum absolute atomic E-state index is 11.6. The molecule has 0 bridgehead atoms. The normalized spacial score (nSPS) is 11.6. The van der Waals surface area contributed by atoms with E-state index >= 15 is 0 Å². The second-order valence-corrected chi connectivity index (χ2v) is 11.4. The van der Waals surface area contributed by atoms with E-state index in [1.807, 2.05) is 6.07 Å². The second-order valence-electron chi connectivity index (χ2n) is 10.0. The predicted molar refractivity (Wildman–Crippen MR) is 145 cm³/mol. The molecule has 2 aromatic carbocycles. The van der Waals surface area contributed by atoms with E-state index in [1.165, 1.54) is 107 Å². The summed E-state index contributed by atoms with van der Waals surface area (Å²) >= 11 is 0. The van der Waals surface area contributed by atoms with Gasteiger partial charge in [-0.3, -0.25) is 0 Å². The summed E-state index contributed by atoms with van der Waals surface area (Å²) < 4.78 is 34.7. The molecule has 0 heterocycles. The van der Waals surface area contributed by atoms with Gasteiger partial charge < -0.3 is 4.55 Å². The molecule has 0 unspecified atom stereocenters. The molecule has 0 aromatic heterocycles. The molecule has 0 fully saturated rings. The molecule has 192 valence electrons. The van der Waals surface area contributed by atoms with Crippen LogP contribution in [0.1, 0.15) is 128 Å². The van der Waals surface area contributed by atoms with Gasteiger partial charge in [0.25, 0.3) is 0 Å². The molecular formula is C30H47NaO3S. The fraction of sp³-hybridized carbons (Fsp3) is 0.667. The van der Waals surface area contributed by atoms with Crippen molar-refractivity contribution in [1.82, 2.24) is 0 Å². The van der Waals surface area contributed by atoms with Crippen molar-refractivity contribution in [2.24, 2.45) is 0 Å². The van der Waals surface area contributed by atoms with Crippen molar-refractivity contribution in [3.8, 4) is 0 Å². The Morgan fingerprint density at radius 2 is 1.11 bits per heavy atom. The van der Waals surface area contributed by atoms with Crippen molar-refractivity contribution in [1.29, 1.82) is 0 Å². The summed E-state index contributed by atoms with van der Waals surface area (Å²) in [5.41, 5.74) is 2.57. The van der Waals surface area contributed by atoms with E-state index in [-0.39, 0.29) is 34.5 Å². The van der Waals surface area contributed by atoms with Gasteiger partial charge in [0.05, 0.1) is 4.90 Å². The molecule has 0 saturated heterocycles. The van der Waals surface area contributed by atoms with E-state index in [2.05, 4.69) is 26.0 Å². The van der Waals surface area contributed by atoms with E-state index in [0.717, 1.165) is 36.5 Å². The first kappa shape index (κ1) is 32.6. The molecule has 2 rings (SSSR count). The van der Waals surface area contributed by atoms with Crippen molar-refractivity contribution in [3.05, 3.63) is 41.5 Å². The third kappa shape index (κ3) is 13.1. The second kappa shape index (κ2) is 18.8. The first-order chi connectivity index (χ1) is 16.5. The summed E-state index contributed by atoms with van der Waals surface area (Å²) in [5.74, 6) is 0. The number of fused-ring (bicyclic) bond motifs is 1. The van der Waals surface area contributed by atoms with Gasteiger partial charge in [0.1, 0.15) is 10.1 Å². The molecule has 5 heteroatoms. The molecule has 0 saturated carbocycles. The van der Waals surface area contributed by atoms with Gasteiger partial charge in [-0.15, -0.1) is 0 Å². The van der Waals surface area contributed by atoms with Crippen LogP contribution in [-0.4, -0.2) is 13.0 Å². The van der Waals surface area contributed by atoms with Gasteiger partial charge in [-0.1, -0.05) is 122 Å². The predicted octanol–water partition coefficient (Wildman–Crippen LogP) is 6.11. The Balaban J connectivity index is 0.00000612. The van der Waals surface area contributed by atoms with E-state index in [1.54, 1.807) is 6.07 Å². The minimum absolute atomic E-state index is 0. The zero-order valence-electron chi connectivity index (χ0n) is 22.7. The Labute approximate surface area is 237 Å². The van der Waals surface area contributed by atoms with Crippen LogP contribution in [0.15, 0.2) is 35.2 Å². The molecule has 0 amide bonds. The van der Waals surface area contributed by atoms with Crippen molar-refractivity contribution in [3.63, 3.8) is 0 Å². The van der Waals surface area contributed by atoms with Crippen molar-refractivity contribution in [2.75, 3.05) is 0 Å². The van der Waals surface area contributed by atoms with Crippen molar-refractivity contribution in [2.45, 2.75) is 134 Å². The topological polar surface area (TPSA) is 57.2 Å². The van der Waals surface area contributed by atoms with Crippen LogP contribution in [0.3, 0.4) is 0 Å². The van der Waals surface area contributed by atoms with E-state index in [0.29, 0.717) is 0 Å². The van der Waals surface area contributed by atoms with Crippen LogP contribution in [-0.2, 0) is 23.0 Å². The number of aryl methyl sites for hydroxylation is 2. The minimum Gasteiger partial charge on any atom is -0.744 e. The van der Waals surface area contributed by atoms with E-state index in [4.69, 9.17) is 0 Å². The van der Waals surface area contributed by atoms with Crippen LogP contribution in [0.25, 0.3) is 10.8 Å². The molecule has 35 heavy (non-hydrogen) atoms. The first-order valence-electron chi connectivity index (χ1n) is 14.0. The third-order valence-electron chi connectivity index (χ3n) is 6.98. The SMILES string of the molecule is CCCCCCCCCCc1cc(CCCCCCCCCC)c2ccc(S(=O)(=O)[O-])cc2c1.[Na+]. The zero-order chi connectivity index (χ0) is 24.7. The van der Waals surface area contributed by atoms with Crippen LogP contribution in [0.5, 0.6) is 0 Å². The molecule has 0 aliphatic rings. The molecule has 0 atom stereocenters. The summed E-state index contributed by atoms with van der Waals surface area (Å²) in [6, 6.07) is 9.31. The Bertz CT molecular complexity index is 940. The van der Waals surface area contributed by atoms with Crippen LogP contribution in [0, 0.1) is 0 Å². The summed E-state index contributed by atoms with van der Waals surface area (Å²) in [5, 5.41) is 1.98. The largest absolute Gasteiger partial charge is 1.00 e. The van der Waals surface area contributed by atoms with Crippen LogP contribution >= 0.6 is 0 Å². The first-order valence-corrected chi connectivity index (χ1v) is 15.4. The van der Waals surface area contributed by atoms with Crippen molar-refractivity contribution >= 4 is 20.9 Å². The summed E-state index contributed by atoms with van der Waals surface area (Å²) in [4.78, 5) is -0.123. The average molecular weight is 511 g/mol. The van der Waals surface area contributed by atoms with Crippen molar-refractivity contribution < 1.29 is 42.5 Å². The number of benzene rings is 2. The Morgan fingerprint density at radius 1 is 0.629 bits per heavy atom. The molecule has 0 spiro atoms. The molecular weight excluding hydrogens is 463 g/mol. The number of hydrogen-bond donors (Lipinski definition) is 0. The molecule has 0 radical (unpaired) electrons. The van der Waals surface area contributed by atoms with Gasteiger partial charge in [-0.05, 0) is 59.7 Å². The zero-order valence-corrected chi connectivity index (χ0v) is 25.6. The van der Waals surface area contributed by atoms with Crippen LogP contribution in [0.4, 0.5) is 0 Å². The average Bonchev–Trinajstić information content (AvgIpc) is 2.81. The molecule has 0 aliphatic heterocycles. The maximum Gasteiger partial charge on any atom is 1.00 e. The summed E-state index contributed by atoms with van der Waals surface area (Å²) in [6.45, 7) is 4.50. The van der Waals surface area contributed by atoms with Gasteiger partial charge in [0.2, 0.25) is 0 Å². The fourth-order valence-corrected chi connectivity index (χ4v) is 5.42. The number of unbranched alkanes of at least 4 members (excludes halogenated alkanes) is 14. The summed E-state index contributed by atoms with van der Waals surface area (Å²) in [6.07, 6.45) is 22.7. The standard InChI is InChI=1S/C30H48O3S.Na/c1-3-5-7-9-11-13-15-17-19-26-23-27(20-18-16-14-12-10-8-6-4-2)30-22-21-29(34(31,32)33)25-28(30)24-26;/h21-25H,3-20H2,1-2H3,(H,31,32,33);/q;+1/p-1. The van der Waals surface area contributed by atoms with Gasteiger partial charge in [0, 0.05) is 0 Å². The minimum atomic E-state index is -4.44. The Kier molecular flexibility index (Phi) is 17.5. The Morgan fingerprint density at radius 3 is 1.63 bits per heavy atom. The number of rotatable bonds is 19. The van der Waals surface area contributed by atoms with Crippen LogP contribution < -0.4 is 29.6 Å². The van der Waals surface area contributed by atoms with Crippen LogP contribution in [0.2, 0.25) is 0 Å².